The Kier molecular flexibility index (Phi) is 4.20. The van der Waals surface area contributed by atoms with Crippen LogP contribution in [0.3, 0.4) is 0 Å². The van der Waals surface area contributed by atoms with E-state index in [-0.39, 0.29) is 11.4 Å². The van der Waals surface area contributed by atoms with Crippen LogP contribution in [-0.2, 0) is 9.53 Å². The van der Waals surface area contributed by atoms with Crippen molar-refractivity contribution in [3.8, 4) is 0 Å². The van der Waals surface area contributed by atoms with E-state index in [9.17, 15) is 9.90 Å². The molecule has 0 aromatic carbocycles. The van der Waals surface area contributed by atoms with Crippen LogP contribution >= 0.6 is 0 Å². The van der Waals surface area contributed by atoms with Gasteiger partial charge >= 0.3 is 5.97 Å². The Bertz CT molecular complexity index is 545. The first-order valence-electron chi connectivity index (χ1n) is 9.00. The molecule has 1 aliphatic heterocycles. The van der Waals surface area contributed by atoms with E-state index in [1.807, 2.05) is 6.08 Å². The van der Waals surface area contributed by atoms with Gasteiger partial charge in [-0.25, -0.2) is 4.79 Å². The number of carbonyl (C=O) groups excluding carboxylic acids is 1. The van der Waals surface area contributed by atoms with Gasteiger partial charge in [-0.05, 0) is 54.8 Å². The Morgan fingerprint density at radius 3 is 2.74 bits per heavy atom. The van der Waals surface area contributed by atoms with E-state index in [2.05, 4.69) is 27.4 Å². The number of fused-ring (bicyclic) bond motifs is 1. The second-order valence-electron chi connectivity index (χ2n) is 8.68. The molecule has 0 aromatic rings. The number of allylic oxidation sites excluding steroid dienone is 2. The van der Waals surface area contributed by atoms with Crippen LogP contribution in [0.25, 0.3) is 0 Å². The van der Waals surface area contributed by atoms with Crippen molar-refractivity contribution in [3.63, 3.8) is 0 Å². The topological polar surface area (TPSA) is 46.5 Å². The number of cyclic esters (lactones) is 1. The predicted molar refractivity (Wildman–Crippen MR) is 90.5 cm³/mol. The van der Waals surface area contributed by atoms with Crippen LogP contribution in [-0.4, -0.2) is 17.4 Å². The molecule has 3 heteroatoms. The third-order valence-electron chi connectivity index (χ3n) is 6.82. The first-order chi connectivity index (χ1) is 10.7. The van der Waals surface area contributed by atoms with Crippen molar-refractivity contribution >= 4 is 5.97 Å². The summed E-state index contributed by atoms with van der Waals surface area (Å²) in [6.07, 6.45) is 8.40. The fraction of sp³-hybridized carbons (Fsp3) is 0.750. The highest BCUT2D eigenvalue weighted by Crippen LogP contribution is 2.61. The summed E-state index contributed by atoms with van der Waals surface area (Å²) < 4.78 is 4.83. The van der Waals surface area contributed by atoms with Crippen molar-refractivity contribution in [1.29, 1.82) is 0 Å². The normalized spacial score (nSPS) is 41.7. The summed E-state index contributed by atoms with van der Waals surface area (Å²) in [5, 5.41) is 9.46. The number of aliphatic hydroxyl groups is 1. The summed E-state index contributed by atoms with van der Waals surface area (Å²) in [7, 11) is 0. The fourth-order valence-corrected chi connectivity index (χ4v) is 5.65. The number of hydrogen-bond donors (Lipinski definition) is 1. The Morgan fingerprint density at radius 1 is 1.35 bits per heavy atom. The van der Waals surface area contributed by atoms with Crippen LogP contribution in [0.2, 0.25) is 0 Å². The molecule has 3 fully saturated rings. The Morgan fingerprint density at radius 2 is 2.09 bits per heavy atom. The molecular weight excluding hydrogens is 288 g/mol. The standard InChI is InChI=1S/C20H30O3/c1-13-6-9-16-19(2,3)10-5-11-20(16,4)15(13)8-7-14-12-17(21)23-18(14)22/h7,15-17,21H,1,5-6,8-12H2,2-4H3/b14-7+/t15-,16-,17?,20+/m0/s1. The van der Waals surface area contributed by atoms with Crippen LogP contribution in [0, 0.1) is 22.7 Å². The van der Waals surface area contributed by atoms with Gasteiger partial charge in [0, 0.05) is 12.0 Å². The minimum atomic E-state index is -0.958. The molecular formula is C20H30O3. The summed E-state index contributed by atoms with van der Waals surface area (Å²) in [4.78, 5) is 11.7. The lowest BCUT2D eigenvalue weighted by Gasteiger charge is -2.58. The summed E-state index contributed by atoms with van der Waals surface area (Å²) in [5.41, 5.74) is 2.63. The molecule has 0 radical (unpaired) electrons. The van der Waals surface area contributed by atoms with Gasteiger partial charge in [0.15, 0.2) is 0 Å². The molecule has 3 aliphatic rings. The van der Waals surface area contributed by atoms with Crippen LogP contribution in [0.5, 0.6) is 0 Å². The summed E-state index contributed by atoms with van der Waals surface area (Å²) in [5.74, 6) is 0.794. The SMILES string of the molecule is C=C1CC[C@H]2C(C)(C)CCC[C@]2(C)[C@H]1C/C=C1\CC(O)OC1=O. The molecule has 0 spiro atoms. The summed E-state index contributed by atoms with van der Waals surface area (Å²) in [6, 6.07) is 0. The van der Waals surface area contributed by atoms with E-state index >= 15 is 0 Å². The Balaban J connectivity index is 1.83. The summed E-state index contributed by atoms with van der Waals surface area (Å²) in [6.45, 7) is 11.6. The smallest absolute Gasteiger partial charge is 0.336 e. The lowest BCUT2D eigenvalue weighted by molar-refractivity contribution is -0.152. The van der Waals surface area contributed by atoms with Crippen molar-refractivity contribution in [1.82, 2.24) is 0 Å². The number of rotatable bonds is 2. The molecule has 2 saturated carbocycles. The second kappa shape index (κ2) is 5.77. The average Bonchev–Trinajstić information content (AvgIpc) is 2.75. The van der Waals surface area contributed by atoms with Crippen LogP contribution in [0.1, 0.15) is 65.7 Å². The van der Waals surface area contributed by atoms with Crippen LogP contribution in [0.4, 0.5) is 0 Å². The van der Waals surface area contributed by atoms with Gasteiger partial charge in [-0.2, -0.15) is 0 Å². The van der Waals surface area contributed by atoms with Gasteiger partial charge in [0.05, 0.1) is 0 Å². The van der Waals surface area contributed by atoms with E-state index in [1.165, 1.54) is 31.3 Å². The van der Waals surface area contributed by atoms with Gasteiger partial charge in [-0.3, -0.25) is 0 Å². The zero-order valence-electron chi connectivity index (χ0n) is 14.7. The zero-order chi connectivity index (χ0) is 16.8. The predicted octanol–water partition coefficient (Wildman–Crippen LogP) is 4.37. The summed E-state index contributed by atoms with van der Waals surface area (Å²) >= 11 is 0. The quantitative estimate of drug-likeness (QED) is 0.467. The van der Waals surface area contributed by atoms with Gasteiger partial charge in [0.25, 0.3) is 0 Å². The molecule has 0 aromatic heterocycles. The van der Waals surface area contributed by atoms with Gasteiger partial charge in [-0.15, -0.1) is 0 Å². The molecule has 0 amide bonds. The molecule has 3 rings (SSSR count). The maximum atomic E-state index is 11.7. The molecule has 1 N–H and O–H groups in total. The molecule has 1 saturated heterocycles. The monoisotopic (exact) mass is 318 g/mol. The van der Waals surface area contributed by atoms with Crippen molar-refractivity contribution in [2.45, 2.75) is 72.0 Å². The molecule has 0 bridgehead atoms. The molecule has 2 aliphatic carbocycles. The first kappa shape index (κ1) is 16.8. The van der Waals surface area contributed by atoms with Crippen molar-refractivity contribution in [2.75, 3.05) is 0 Å². The van der Waals surface area contributed by atoms with Crippen molar-refractivity contribution in [3.05, 3.63) is 23.8 Å². The average molecular weight is 318 g/mol. The third kappa shape index (κ3) is 2.88. The van der Waals surface area contributed by atoms with Gasteiger partial charge in [-0.1, -0.05) is 45.4 Å². The Hall–Kier alpha value is -1.09. The Labute approximate surface area is 139 Å². The molecule has 4 atom stereocenters. The van der Waals surface area contributed by atoms with Gasteiger partial charge in [0.2, 0.25) is 6.29 Å². The lowest BCUT2D eigenvalue weighted by atomic mass is 9.47. The fourth-order valence-electron chi connectivity index (χ4n) is 5.65. The third-order valence-corrected chi connectivity index (χ3v) is 6.82. The van der Waals surface area contributed by atoms with Crippen molar-refractivity contribution < 1.29 is 14.6 Å². The molecule has 1 heterocycles. The lowest BCUT2D eigenvalue weighted by Crippen LogP contribution is -2.49. The molecule has 128 valence electrons. The van der Waals surface area contributed by atoms with Crippen LogP contribution in [0.15, 0.2) is 23.8 Å². The number of carbonyl (C=O) groups is 1. The number of aliphatic hydroxyl groups excluding tert-OH is 1. The highest BCUT2D eigenvalue weighted by atomic mass is 16.6. The van der Waals surface area contributed by atoms with Crippen molar-refractivity contribution in [2.24, 2.45) is 22.7 Å². The van der Waals surface area contributed by atoms with E-state index < -0.39 is 6.29 Å². The van der Waals surface area contributed by atoms with E-state index in [1.54, 1.807) is 0 Å². The zero-order valence-corrected chi connectivity index (χ0v) is 14.7. The van der Waals surface area contributed by atoms with Gasteiger partial charge in [0.1, 0.15) is 0 Å². The number of hydrogen-bond acceptors (Lipinski definition) is 3. The number of ether oxygens (including phenoxy) is 1. The highest BCUT2D eigenvalue weighted by molar-refractivity contribution is 5.90. The first-order valence-corrected chi connectivity index (χ1v) is 9.00. The molecule has 1 unspecified atom stereocenters. The molecule has 3 nitrogen and oxygen atoms in total. The van der Waals surface area contributed by atoms with Crippen LogP contribution < -0.4 is 0 Å². The van der Waals surface area contributed by atoms with Gasteiger partial charge < -0.3 is 9.84 Å². The minimum Gasteiger partial charge on any atom is -0.432 e. The van der Waals surface area contributed by atoms with E-state index in [0.717, 1.165) is 18.8 Å². The number of esters is 1. The second-order valence-corrected chi connectivity index (χ2v) is 8.68. The highest BCUT2D eigenvalue weighted by Gasteiger charge is 2.52. The maximum Gasteiger partial charge on any atom is 0.336 e. The molecule has 23 heavy (non-hydrogen) atoms. The minimum absolute atomic E-state index is 0.273. The largest absolute Gasteiger partial charge is 0.432 e. The maximum absolute atomic E-state index is 11.7. The van der Waals surface area contributed by atoms with E-state index in [4.69, 9.17) is 4.74 Å². The van der Waals surface area contributed by atoms with E-state index in [0.29, 0.717) is 23.3 Å².